The fraction of sp³-hybridized carbons (Fsp3) is 0.571. The smallest absolute Gasteiger partial charge is 0.127 e. The van der Waals surface area contributed by atoms with E-state index in [4.69, 9.17) is 5.73 Å². The molecule has 0 bridgehead atoms. The summed E-state index contributed by atoms with van der Waals surface area (Å²) < 4.78 is 13.7. The largest absolute Gasteiger partial charge is 0.326 e. The van der Waals surface area contributed by atoms with Gasteiger partial charge in [-0.25, -0.2) is 4.39 Å². The van der Waals surface area contributed by atoms with Crippen LogP contribution in [0.4, 0.5) is 4.39 Å². The average molecular weight is 236 g/mol. The Bertz CT molecular complexity index is 401. The van der Waals surface area contributed by atoms with Crippen molar-refractivity contribution in [1.29, 1.82) is 0 Å². The second-order valence-corrected chi connectivity index (χ2v) is 5.75. The summed E-state index contributed by atoms with van der Waals surface area (Å²) in [6.45, 7) is 7.79. The van der Waals surface area contributed by atoms with Crippen molar-refractivity contribution >= 4 is 0 Å². The van der Waals surface area contributed by atoms with Crippen LogP contribution in [0, 0.1) is 11.2 Å². The second-order valence-electron chi connectivity index (χ2n) is 5.75. The quantitative estimate of drug-likeness (QED) is 0.873. The van der Waals surface area contributed by atoms with Gasteiger partial charge in [0.15, 0.2) is 0 Å². The topological polar surface area (TPSA) is 29.3 Å². The summed E-state index contributed by atoms with van der Waals surface area (Å²) in [6.07, 6.45) is 1.19. The molecule has 0 atom stereocenters. The summed E-state index contributed by atoms with van der Waals surface area (Å²) in [5.74, 6) is -0.119. The van der Waals surface area contributed by atoms with E-state index < -0.39 is 0 Å². The maximum absolute atomic E-state index is 13.7. The van der Waals surface area contributed by atoms with Gasteiger partial charge in [0.05, 0.1) is 0 Å². The van der Waals surface area contributed by atoms with E-state index >= 15 is 0 Å². The van der Waals surface area contributed by atoms with Gasteiger partial charge in [0.25, 0.3) is 0 Å². The van der Waals surface area contributed by atoms with Gasteiger partial charge >= 0.3 is 0 Å². The molecule has 1 fully saturated rings. The van der Waals surface area contributed by atoms with Crippen LogP contribution >= 0.6 is 0 Å². The van der Waals surface area contributed by atoms with Crippen LogP contribution in [0.5, 0.6) is 0 Å². The number of benzene rings is 1. The molecule has 0 aliphatic carbocycles. The van der Waals surface area contributed by atoms with Crippen LogP contribution in [-0.4, -0.2) is 18.0 Å². The number of hydrogen-bond acceptors (Lipinski definition) is 2. The zero-order valence-corrected chi connectivity index (χ0v) is 10.7. The van der Waals surface area contributed by atoms with Crippen LogP contribution in [0.2, 0.25) is 0 Å². The van der Waals surface area contributed by atoms with Crippen LogP contribution in [0.3, 0.4) is 0 Å². The molecular formula is C14H21FN2. The predicted octanol–water partition coefficient (Wildman–Crippen LogP) is 2.52. The van der Waals surface area contributed by atoms with Gasteiger partial charge in [0.2, 0.25) is 0 Å². The highest BCUT2D eigenvalue weighted by molar-refractivity contribution is 5.25. The first-order valence-electron chi connectivity index (χ1n) is 6.20. The molecule has 0 radical (unpaired) electrons. The number of halogens is 1. The summed E-state index contributed by atoms with van der Waals surface area (Å²) >= 11 is 0. The predicted molar refractivity (Wildman–Crippen MR) is 68.0 cm³/mol. The minimum atomic E-state index is -0.119. The van der Waals surface area contributed by atoms with E-state index in [1.165, 1.54) is 12.5 Å². The van der Waals surface area contributed by atoms with Crippen LogP contribution < -0.4 is 5.73 Å². The SMILES string of the molecule is CC1(C)CCN(Cc2cc(CN)ccc2F)C1. The third-order valence-corrected chi connectivity index (χ3v) is 3.50. The minimum Gasteiger partial charge on any atom is -0.326 e. The van der Waals surface area contributed by atoms with E-state index in [1.54, 1.807) is 6.07 Å². The van der Waals surface area contributed by atoms with Crippen LogP contribution in [0.15, 0.2) is 18.2 Å². The zero-order chi connectivity index (χ0) is 12.5. The Morgan fingerprint density at radius 3 is 2.76 bits per heavy atom. The summed E-state index contributed by atoms with van der Waals surface area (Å²) in [7, 11) is 0. The first kappa shape index (κ1) is 12.5. The third kappa shape index (κ3) is 3.05. The third-order valence-electron chi connectivity index (χ3n) is 3.50. The van der Waals surface area contributed by atoms with Crippen molar-refractivity contribution in [3.8, 4) is 0 Å². The monoisotopic (exact) mass is 236 g/mol. The molecule has 1 saturated heterocycles. The lowest BCUT2D eigenvalue weighted by Gasteiger charge is -2.20. The normalized spacial score (nSPS) is 19.8. The lowest BCUT2D eigenvalue weighted by Crippen LogP contribution is -2.23. The molecule has 0 spiro atoms. The molecule has 1 aromatic carbocycles. The number of likely N-dealkylation sites (tertiary alicyclic amines) is 1. The Morgan fingerprint density at radius 2 is 2.18 bits per heavy atom. The fourth-order valence-electron chi connectivity index (χ4n) is 2.48. The van der Waals surface area contributed by atoms with E-state index in [-0.39, 0.29) is 5.82 Å². The Balaban J connectivity index is 2.08. The molecule has 1 heterocycles. The number of rotatable bonds is 3. The van der Waals surface area contributed by atoms with Crippen molar-refractivity contribution in [3.05, 3.63) is 35.1 Å². The highest BCUT2D eigenvalue weighted by Crippen LogP contribution is 2.30. The van der Waals surface area contributed by atoms with Crippen molar-refractivity contribution < 1.29 is 4.39 Å². The van der Waals surface area contributed by atoms with Crippen molar-refractivity contribution in [2.24, 2.45) is 11.1 Å². The van der Waals surface area contributed by atoms with E-state index in [1.807, 2.05) is 6.07 Å². The van der Waals surface area contributed by atoms with Crippen LogP contribution in [-0.2, 0) is 13.1 Å². The molecule has 94 valence electrons. The lowest BCUT2D eigenvalue weighted by molar-refractivity contribution is 0.281. The Hall–Kier alpha value is -0.930. The summed E-state index contributed by atoms with van der Waals surface area (Å²) in [5, 5.41) is 0. The first-order valence-corrected chi connectivity index (χ1v) is 6.20. The zero-order valence-electron chi connectivity index (χ0n) is 10.7. The average Bonchev–Trinajstić information content (AvgIpc) is 2.61. The van der Waals surface area contributed by atoms with Gasteiger partial charge in [-0.1, -0.05) is 26.0 Å². The molecule has 1 aliphatic rings. The summed E-state index contributed by atoms with van der Waals surface area (Å²) in [5.41, 5.74) is 7.72. The highest BCUT2D eigenvalue weighted by atomic mass is 19.1. The van der Waals surface area contributed by atoms with Crippen LogP contribution in [0.1, 0.15) is 31.4 Å². The Kier molecular flexibility index (Phi) is 3.50. The van der Waals surface area contributed by atoms with Gasteiger partial charge in [-0.05, 0) is 30.0 Å². The lowest BCUT2D eigenvalue weighted by atomic mass is 9.93. The summed E-state index contributed by atoms with van der Waals surface area (Å²) in [6, 6.07) is 5.17. The number of nitrogens with two attached hydrogens (primary N) is 1. The first-order chi connectivity index (χ1) is 8.00. The molecule has 0 saturated carbocycles. The standard InChI is InChI=1S/C14H21FN2/c1-14(2)5-6-17(10-14)9-12-7-11(8-16)3-4-13(12)15/h3-4,7H,5-6,8-10,16H2,1-2H3. The molecule has 1 aliphatic heterocycles. The van der Waals surface area contributed by atoms with Crippen molar-refractivity contribution in [1.82, 2.24) is 4.90 Å². The maximum atomic E-state index is 13.7. The Labute approximate surface area is 103 Å². The van der Waals surface area contributed by atoms with Gasteiger partial charge in [0.1, 0.15) is 5.82 Å². The van der Waals surface area contributed by atoms with Crippen molar-refractivity contribution in [3.63, 3.8) is 0 Å². The number of nitrogens with zero attached hydrogens (tertiary/aromatic N) is 1. The van der Waals surface area contributed by atoms with Gasteiger partial charge < -0.3 is 5.73 Å². The molecule has 0 unspecified atom stereocenters. The minimum absolute atomic E-state index is 0.119. The molecule has 3 heteroatoms. The maximum Gasteiger partial charge on any atom is 0.127 e. The molecule has 0 aromatic heterocycles. The van der Waals surface area contributed by atoms with Gasteiger partial charge in [0, 0.05) is 25.2 Å². The van der Waals surface area contributed by atoms with E-state index in [9.17, 15) is 4.39 Å². The van der Waals surface area contributed by atoms with Gasteiger partial charge in [-0.3, -0.25) is 4.90 Å². The molecule has 0 amide bonds. The van der Waals surface area contributed by atoms with E-state index in [2.05, 4.69) is 18.7 Å². The van der Waals surface area contributed by atoms with E-state index in [0.717, 1.165) is 24.2 Å². The fourth-order valence-corrected chi connectivity index (χ4v) is 2.48. The van der Waals surface area contributed by atoms with Crippen LogP contribution in [0.25, 0.3) is 0 Å². The van der Waals surface area contributed by atoms with Gasteiger partial charge in [-0.2, -0.15) is 0 Å². The molecule has 17 heavy (non-hydrogen) atoms. The molecule has 2 nitrogen and oxygen atoms in total. The highest BCUT2D eigenvalue weighted by Gasteiger charge is 2.29. The van der Waals surface area contributed by atoms with Gasteiger partial charge in [-0.15, -0.1) is 0 Å². The molecule has 2 N–H and O–H groups in total. The Morgan fingerprint density at radius 1 is 1.41 bits per heavy atom. The molecule has 2 rings (SSSR count). The van der Waals surface area contributed by atoms with E-state index in [0.29, 0.717) is 18.5 Å². The second kappa shape index (κ2) is 4.75. The van der Waals surface area contributed by atoms with Crippen molar-refractivity contribution in [2.45, 2.75) is 33.4 Å². The molecular weight excluding hydrogens is 215 g/mol. The number of hydrogen-bond donors (Lipinski definition) is 1. The van der Waals surface area contributed by atoms with Crippen molar-refractivity contribution in [2.75, 3.05) is 13.1 Å². The summed E-state index contributed by atoms with van der Waals surface area (Å²) in [4.78, 5) is 2.32. The molecule has 1 aromatic rings.